The van der Waals surface area contributed by atoms with E-state index in [1.165, 1.54) is 4.57 Å². The average molecular weight is 373 g/mol. The van der Waals surface area contributed by atoms with Crippen molar-refractivity contribution in [3.63, 3.8) is 0 Å². The van der Waals surface area contributed by atoms with Gasteiger partial charge in [-0.1, -0.05) is 26.0 Å². The molecule has 0 unspecified atom stereocenters. The summed E-state index contributed by atoms with van der Waals surface area (Å²) in [5.74, 6) is 0.350. The zero-order chi connectivity index (χ0) is 18.5. The number of carbonyl (C=O) groups excluding carboxylic acids is 1. The van der Waals surface area contributed by atoms with Crippen LogP contribution in [0.4, 0.5) is 0 Å². The van der Waals surface area contributed by atoms with Gasteiger partial charge in [-0.05, 0) is 30.8 Å². The topological polar surface area (TPSA) is 76.1 Å². The van der Waals surface area contributed by atoms with Crippen molar-refractivity contribution in [3.05, 3.63) is 39.4 Å². The maximum absolute atomic E-state index is 12.6. The number of ether oxygens (including phenoxy) is 1. The summed E-state index contributed by atoms with van der Waals surface area (Å²) in [7, 11) is 0. The molecular formula is C19H23N3O3S. The summed E-state index contributed by atoms with van der Waals surface area (Å²) in [6, 6.07) is 7.38. The number of nitrogens with one attached hydrogen (secondary N) is 2. The average Bonchev–Trinajstić information content (AvgIpc) is 3.07. The lowest BCUT2D eigenvalue weighted by atomic mass is 9.57. The number of hydrogen-bond acceptors (Lipinski definition) is 4. The van der Waals surface area contributed by atoms with Gasteiger partial charge in [-0.3, -0.25) is 14.2 Å². The third-order valence-electron chi connectivity index (χ3n) is 5.87. The molecule has 2 fully saturated rings. The molecule has 26 heavy (non-hydrogen) atoms. The van der Waals surface area contributed by atoms with Gasteiger partial charge in [0, 0.05) is 36.9 Å². The van der Waals surface area contributed by atoms with Gasteiger partial charge in [0.05, 0.1) is 17.0 Å². The van der Waals surface area contributed by atoms with Crippen molar-refractivity contribution >= 4 is 29.0 Å². The number of aromatic nitrogens is 2. The number of fused-ring (bicyclic) bond motifs is 2. The number of aromatic amines is 1. The van der Waals surface area contributed by atoms with Crippen molar-refractivity contribution in [3.8, 4) is 0 Å². The molecule has 1 aromatic carbocycles. The molecule has 1 saturated heterocycles. The lowest BCUT2D eigenvalue weighted by Crippen LogP contribution is -2.66. The van der Waals surface area contributed by atoms with Crippen LogP contribution in [0.15, 0.2) is 29.1 Å². The van der Waals surface area contributed by atoms with Crippen LogP contribution in [0.25, 0.3) is 10.9 Å². The molecule has 1 saturated carbocycles. The fraction of sp³-hybridized carbons (Fsp3) is 0.526. The Kier molecular flexibility index (Phi) is 4.23. The highest BCUT2D eigenvalue weighted by Gasteiger charge is 2.59. The van der Waals surface area contributed by atoms with Gasteiger partial charge in [-0.15, -0.1) is 0 Å². The van der Waals surface area contributed by atoms with Crippen molar-refractivity contribution in [2.24, 2.45) is 11.3 Å². The first kappa shape index (κ1) is 17.4. The standard InChI is InChI=1S/C19H23N3O3S/c1-19(2)15(12-8-10-25-16(12)19)21-14(23)7-9-22-17(24)11-5-3-4-6-13(11)20-18(22)26/h3-6,12,15-16H,7-10H2,1-2H3,(H,20,26)(H,21,23)/t12-,15+,16+/m0/s1. The van der Waals surface area contributed by atoms with E-state index < -0.39 is 0 Å². The van der Waals surface area contributed by atoms with Crippen LogP contribution in [-0.2, 0) is 16.1 Å². The number of para-hydroxylation sites is 1. The lowest BCUT2D eigenvalue weighted by Gasteiger charge is -2.54. The molecule has 4 rings (SSSR count). The summed E-state index contributed by atoms with van der Waals surface area (Å²) >= 11 is 5.30. The molecule has 0 radical (unpaired) electrons. The Labute approximate surface area is 156 Å². The lowest BCUT2D eigenvalue weighted by molar-refractivity contribution is -0.138. The van der Waals surface area contributed by atoms with E-state index in [9.17, 15) is 9.59 Å². The number of rotatable bonds is 4. The van der Waals surface area contributed by atoms with E-state index in [4.69, 9.17) is 17.0 Å². The van der Waals surface area contributed by atoms with Gasteiger partial charge in [0.1, 0.15) is 0 Å². The van der Waals surface area contributed by atoms with E-state index in [2.05, 4.69) is 24.1 Å². The zero-order valence-corrected chi connectivity index (χ0v) is 15.8. The van der Waals surface area contributed by atoms with E-state index in [1.54, 1.807) is 6.07 Å². The van der Waals surface area contributed by atoms with Gasteiger partial charge in [-0.2, -0.15) is 0 Å². The van der Waals surface area contributed by atoms with Crippen LogP contribution < -0.4 is 10.9 Å². The molecule has 0 bridgehead atoms. The van der Waals surface area contributed by atoms with E-state index in [1.807, 2.05) is 18.2 Å². The molecule has 2 heterocycles. The first-order valence-corrected chi connectivity index (χ1v) is 9.43. The van der Waals surface area contributed by atoms with Gasteiger partial charge in [0.2, 0.25) is 5.91 Å². The normalized spacial score (nSPS) is 26.3. The highest BCUT2D eigenvalue weighted by molar-refractivity contribution is 7.71. The summed E-state index contributed by atoms with van der Waals surface area (Å²) in [4.78, 5) is 28.2. The Bertz CT molecular complexity index is 978. The van der Waals surface area contributed by atoms with E-state index >= 15 is 0 Å². The number of amides is 1. The molecule has 138 valence electrons. The number of nitrogens with zero attached hydrogens (tertiary/aromatic N) is 1. The molecule has 3 atom stereocenters. The highest BCUT2D eigenvalue weighted by Crippen LogP contribution is 2.52. The summed E-state index contributed by atoms with van der Waals surface area (Å²) in [6.07, 6.45) is 1.46. The first-order valence-electron chi connectivity index (χ1n) is 9.02. The van der Waals surface area contributed by atoms with Crippen LogP contribution in [0.5, 0.6) is 0 Å². The second-order valence-corrected chi connectivity index (χ2v) is 8.18. The van der Waals surface area contributed by atoms with Gasteiger partial charge < -0.3 is 15.0 Å². The van der Waals surface area contributed by atoms with Crippen LogP contribution in [0.2, 0.25) is 0 Å². The van der Waals surface area contributed by atoms with Gasteiger partial charge >= 0.3 is 0 Å². The van der Waals surface area contributed by atoms with Crippen molar-refractivity contribution in [1.29, 1.82) is 0 Å². The van der Waals surface area contributed by atoms with Crippen LogP contribution in [-0.4, -0.2) is 34.2 Å². The second-order valence-electron chi connectivity index (χ2n) is 7.79. The molecule has 6 nitrogen and oxygen atoms in total. The van der Waals surface area contributed by atoms with Crippen molar-refractivity contribution in [2.45, 2.75) is 45.4 Å². The molecule has 1 aliphatic carbocycles. The summed E-state index contributed by atoms with van der Waals surface area (Å²) in [5.41, 5.74) is 0.505. The number of carbonyl (C=O) groups is 1. The van der Waals surface area contributed by atoms with Crippen molar-refractivity contribution < 1.29 is 9.53 Å². The number of hydrogen-bond donors (Lipinski definition) is 2. The molecule has 1 aromatic heterocycles. The van der Waals surface area contributed by atoms with Crippen LogP contribution >= 0.6 is 12.2 Å². The maximum atomic E-state index is 12.6. The maximum Gasteiger partial charge on any atom is 0.262 e. The highest BCUT2D eigenvalue weighted by atomic mass is 32.1. The Balaban J connectivity index is 1.46. The minimum atomic E-state index is -0.162. The van der Waals surface area contributed by atoms with Gasteiger partial charge in [0.25, 0.3) is 5.56 Å². The molecule has 2 aliphatic rings. The fourth-order valence-corrected chi connectivity index (χ4v) is 4.76. The quantitative estimate of drug-likeness (QED) is 0.807. The van der Waals surface area contributed by atoms with Crippen LogP contribution in [0.3, 0.4) is 0 Å². The summed E-state index contributed by atoms with van der Waals surface area (Å²) in [5, 5.41) is 3.72. The molecule has 1 aliphatic heterocycles. The first-order chi connectivity index (χ1) is 12.4. The van der Waals surface area contributed by atoms with E-state index in [0.29, 0.717) is 21.6 Å². The molecule has 1 amide bonds. The molecule has 2 aromatic rings. The Hall–Kier alpha value is -1.99. The minimum absolute atomic E-state index is 0.0480. The van der Waals surface area contributed by atoms with Gasteiger partial charge in [0.15, 0.2) is 4.77 Å². The third-order valence-corrected chi connectivity index (χ3v) is 6.19. The number of benzene rings is 1. The molecule has 7 heteroatoms. The van der Waals surface area contributed by atoms with Gasteiger partial charge in [-0.25, -0.2) is 0 Å². The SMILES string of the molecule is CC1(C)[C@H](NC(=O)CCn2c(=S)[nH]c3ccccc3c2=O)[C@@H]2CCO[C@H]21. The second kappa shape index (κ2) is 6.32. The Morgan fingerprint density at radius 1 is 1.42 bits per heavy atom. The van der Waals surface area contributed by atoms with Crippen molar-refractivity contribution in [2.75, 3.05) is 6.61 Å². The summed E-state index contributed by atoms with van der Waals surface area (Å²) in [6.45, 7) is 5.30. The monoisotopic (exact) mass is 373 g/mol. The predicted octanol–water partition coefficient (Wildman–Crippen LogP) is 2.38. The zero-order valence-electron chi connectivity index (χ0n) is 15.0. The molecular weight excluding hydrogens is 350 g/mol. The largest absolute Gasteiger partial charge is 0.377 e. The number of H-pyrrole nitrogens is 1. The Morgan fingerprint density at radius 2 is 2.19 bits per heavy atom. The van der Waals surface area contributed by atoms with Crippen LogP contribution in [0, 0.1) is 16.1 Å². The minimum Gasteiger partial charge on any atom is -0.377 e. The Morgan fingerprint density at radius 3 is 3.00 bits per heavy atom. The van der Waals surface area contributed by atoms with E-state index in [0.717, 1.165) is 13.0 Å². The van der Waals surface area contributed by atoms with Crippen LogP contribution in [0.1, 0.15) is 26.7 Å². The van der Waals surface area contributed by atoms with E-state index in [-0.39, 0.29) is 42.0 Å². The predicted molar refractivity (Wildman–Crippen MR) is 102 cm³/mol. The molecule has 0 spiro atoms. The third kappa shape index (κ3) is 2.70. The molecule has 2 N–H and O–H groups in total. The summed E-state index contributed by atoms with van der Waals surface area (Å²) < 4.78 is 7.57. The smallest absolute Gasteiger partial charge is 0.262 e. The van der Waals surface area contributed by atoms with Crippen molar-refractivity contribution in [1.82, 2.24) is 14.9 Å². The fourth-order valence-electron chi connectivity index (χ4n) is 4.48.